The van der Waals surface area contributed by atoms with Gasteiger partial charge in [0.05, 0.1) is 6.61 Å². The van der Waals surface area contributed by atoms with E-state index in [-0.39, 0.29) is 6.10 Å². The van der Waals surface area contributed by atoms with Crippen molar-refractivity contribution in [3.63, 3.8) is 0 Å². The minimum Gasteiger partial charge on any atom is -0.473 e. The highest BCUT2D eigenvalue weighted by Gasteiger charge is 2.23. The molecule has 54 valence electrons. The second kappa shape index (κ2) is 2.30. The van der Waals surface area contributed by atoms with Gasteiger partial charge in [0.25, 0.3) is 5.88 Å². The van der Waals surface area contributed by atoms with Crippen LogP contribution in [0.15, 0.2) is 16.9 Å². The first-order valence-corrected chi connectivity index (χ1v) is 3.10. The van der Waals surface area contributed by atoms with Crippen LogP contribution in [0.2, 0.25) is 0 Å². The monoisotopic (exact) mass is 141 g/mol. The first-order valence-electron chi connectivity index (χ1n) is 3.10. The number of hydrogen-bond acceptors (Lipinski definition) is 4. The van der Waals surface area contributed by atoms with Gasteiger partial charge in [-0.05, 0) is 5.16 Å². The van der Waals surface area contributed by atoms with E-state index in [9.17, 15) is 0 Å². The van der Waals surface area contributed by atoms with Gasteiger partial charge in [0.2, 0.25) is 0 Å². The Balaban J connectivity index is 1.79. The lowest BCUT2D eigenvalue weighted by Crippen LogP contribution is -2.03. The van der Waals surface area contributed by atoms with Gasteiger partial charge in [0.15, 0.2) is 0 Å². The van der Waals surface area contributed by atoms with Crippen LogP contribution in [-0.4, -0.2) is 24.5 Å². The van der Waals surface area contributed by atoms with Crippen molar-refractivity contribution in [1.82, 2.24) is 5.16 Å². The molecular formula is C6H7NO3. The minimum absolute atomic E-state index is 0.275. The molecule has 1 saturated heterocycles. The Morgan fingerprint density at radius 3 is 3.30 bits per heavy atom. The van der Waals surface area contributed by atoms with Crippen molar-refractivity contribution in [2.75, 3.05) is 13.2 Å². The molecule has 0 aliphatic carbocycles. The third kappa shape index (κ3) is 1.27. The molecule has 1 aromatic rings. The Morgan fingerprint density at radius 1 is 1.80 bits per heavy atom. The second-order valence-electron chi connectivity index (χ2n) is 2.10. The summed E-state index contributed by atoms with van der Waals surface area (Å²) in [5.41, 5.74) is 0. The number of hydrogen-bond donors (Lipinski definition) is 0. The Hall–Kier alpha value is -1.03. The van der Waals surface area contributed by atoms with Gasteiger partial charge < -0.3 is 14.0 Å². The maximum Gasteiger partial charge on any atom is 0.254 e. The van der Waals surface area contributed by atoms with Crippen LogP contribution in [0.4, 0.5) is 0 Å². The van der Waals surface area contributed by atoms with E-state index in [1.807, 2.05) is 0 Å². The van der Waals surface area contributed by atoms with Crippen molar-refractivity contribution in [1.29, 1.82) is 0 Å². The largest absolute Gasteiger partial charge is 0.473 e. The zero-order valence-corrected chi connectivity index (χ0v) is 5.32. The van der Waals surface area contributed by atoms with E-state index in [4.69, 9.17) is 9.47 Å². The van der Waals surface area contributed by atoms with Crippen LogP contribution in [0.1, 0.15) is 0 Å². The van der Waals surface area contributed by atoms with E-state index in [1.54, 1.807) is 6.07 Å². The second-order valence-corrected chi connectivity index (χ2v) is 2.10. The van der Waals surface area contributed by atoms with Crippen molar-refractivity contribution in [2.24, 2.45) is 0 Å². The minimum atomic E-state index is 0.275. The molecule has 1 unspecified atom stereocenters. The Bertz CT molecular complexity index is 193. The maximum absolute atomic E-state index is 5.14. The number of ether oxygens (including phenoxy) is 2. The van der Waals surface area contributed by atoms with Crippen molar-refractivity contribution >= 4 is 0 Å². The maximum atomic E-state index is 5.14. The third-order valence-corrected chi connectivity index (χ3v) is 1.23. The molecule has 2 rings (SSSR count). The Morgan fingerprint density at radius 2 is 2.70 bits per heavy atom. The fourth-order valence-electron chi connectivity index (χ4n) is 0.618. The third-order valence-electron chi connectivity index (χ3n) is 1.23. The summed E-state index contributed by atoms with van der Waals surface area (Å²) in [6.45, 7) is 1.38. The van der Waals surface area contributed by atoms with Crippen LogP contribution >= 0.6 is 0 Å². The van der Waals surface area contributed by atoms with Gasteiger partial charge in [-0.15, -0.1) is 0 Å². The van der Waals surface area contributed by atoms with Crippen LogP contribution in [0.5, 0.6) is 5.88 Å². The summed E-state index contributed by atoms with van der Waals surface area (Å²) in [6.07, 6.45) is 1.75. The first kappa shape index (κ1) is 5.73. The predicted molar refractivity (Wildman–Crippen MR) is 31.7 cm³/mol. The zero-order valence-electron chi connectivity index (χ0n) is 5.32. The Labute approximate surface area is 57.7 Å². The molecule has 0 bridgehead atoms. The molecular weight excluding hydrogens is 134 g/mol. The van der Waals surface area contributed by atoms with Crippen LogP contribution < -0.4 is 4.74 Å². The summed E-state index contributed by atoms with van der Waals surface area (Å²) in [5.74, 6) is 0.524. The molecule has 2 heterocycles. The Kier molecular flexibility index (Phi) is 1.32. The fraction of sp³-hybridized carbons (Fsp3) is 0.500. The van der Waals surface area contributed by atoms with Crippen LogP contribution in [-0.2, 0) is 4.74 Å². The lowest BCUT2D eigenvalue weighted by atomic mass is 10.5. The van der Waals surface area contributed by atoms with Crippen molar-refractivity contribution in [3.05, 3.63) is 12.3 Å². The van der Waals surface area contributed by atoms with Crippen molar-refractivity contribution < 1.29 is 14.0 Å². The molecule has 0 aromatic carbocycles. The predicted octanol–water partition coefficient (Wildman–Crippen LogP) is 0.452. The molecule has 1 fully saturated rings. The van der Waals surface area contributed by atoms with Crippen molar-refractivity contribution in [2.45, 2.75) is 6.10 Å². The van der Waals surface area contributed by atoms with Gasteiger partial charge in [0, 0.05) is 6.07 Å². The van der Waals surface area contributed by atoms with Gasteiger partial charge in [-0.1, -0.05) is 0 Å². The average molecular weight is 141 g/mol. The summed E-state index contributed by atoms with van der Waals surface area (Å²) in [6, 6.07) is 1.67. The molecule has 1 atom stereocenters. The summed E-state index contributed by atoms with van der Waals surface area (Å²) < 4.78 is 14.6. The van der Waals surface area contributed by atoms with E-state index in [2.05, 4.69) is 9.68 Å². The van der Waals surface area contributed by atoms with Gasteiger partial charge in [-0.3, -0.25) is 0 Å². The van der Waals surface area contributed by atoms with Gasteiger partial charge in [-0.25, -0.2) is 0 Å². The standard InChI is InChI=1S/C6H7NO3/c1-2-10-7-6(1)9-4-5-3-8-5/h1-2,5H,3-4H2. The zero-order chi connectivity index (χ0) is 6.81. The molecule has 1 aliphatic rings. The van der Waals surface area contributed by atoms with Crippen LogP contribution in [0, 0.1) is 0 Å². The molecule has 0 spiro atoms. The molecule has 0 radical (unpaired) electrons. The van der Waals surface area contributed by atoms with E-state index in [0.717, 1.165) is 6.61 Å². The molecule has 0 N–H and O–H groups in total. The molecule has 1 aromatic heterocycles. The SMILES string of the molecule is c1cc(OCC2CO2)no1. The van der Waals surface area contributed by atoms with Crippen LogP contribution in [0.25, 0.3) is 0 Å². The van der Waals surface area contributed by atoms with E-state index in [1.165, 1.54) is 6.26 Å². The molecule has 4 nitrogen and oxygen atoms in total. The van der Waals surface area contributed by atoms with Crippen LogP contribution in [0.3, 0.4) is 0 Å². The molecule has 10 heavy (non-hydrogen) atoms. The first-order chi connectivity index (χ1) is 4.95. The summed E-state index contributed by atoms with van der Waals surface area (Å²) in [7, 11) is 0. The normalized spacial score (nSPS) is 22.6. The van der Waals surface area contributed by atoms with Gasteiger partial charge in [0.1, 0.15) is 19.0 Å². The number of aromatic nitrogens is 1. The van der Waals surface area contributed by atoms with E-state index in [0.29, 0.717) is 12.5 Å². The van der Waals surface area contributed by atoms with E-state index >= 15 is 0 Å². The lowest BCUT2D eigenvalue weighted by Gasteiger charge is -1.94. The topological polar surface area (TPSA) is 47.8 Å². The van der Waals surface area contributed by atoms with Gasteiger partial charge >= 0.3 is 0 Å². The smallest absolute Gasteiger partial charge is 0.254 e. The molecule has 1 aliphatic heterocycles. The van der Waals surface area contributed by atoms with Gasteiger partial charge in [-0.2, -0.15) is 0 Å². The fourth-order valence-corrected chi connectivity index (χ4v) is 0.618. The number of epoxide rings is 1. The number of nitrogens with zero attached hydrogens (tertiary/aromatic N) is 1. The molecule has 4 heteroatoms. The highest BCUT2D eigenvalue weighted by Crippen LogP contribution is 2.11. The lowest BCUT2D eigenvalue weighted by molar-refractivity contribution is 0.241. The summed E-state index contributed by atoms with van der Waals surface area (Å²) in [4.78, 5) is 0. The molecule has 0 amide bonds. The molecule has 0 saturated carbocycles. The summed E-state index contributed by atoms with van der Waals surface area (Å²) in [5, 5.41) is 3.56. The van der Waals surface area contributed by atoms with Crippen molar-refractivity contribution in [3.8, 4) is 5.88 Å². The van der Waals surface area contributed by atoms with E-state index < -0.39 is 0 Å². The quantitative estimate of drug-likeness (QED) is 0.573. The highest BCUT2D eigenvalue weighted by atomic mass is 16.6. The highest BCUT2D eigenvalue weighted by molar-refractivity contribution is 5.02. The average Bonchev–Trinajstić information content (AvgIpc) is 2.63. The summed E-state index contributed by atoms with van der Waals surface area (Å²) >= 11 is 0. The number of rotatable bonds is 3.